The second-order valence-electron chi connectivity index (χ2n) is 6.54. The van der Waals surface area contributed by atoms with Gasteiger partial charge >= 0.3 is 0 Å². The van der Waals surface area contributed by atoms with E-state index in [1.54, 1.807) is 0 Å². The maximum atomic E-state index is 9.62. The lowest BCUT2D eigenvalue weighted by molar-refractivity contribution is 0.145. The van der Waals surface area contributed by atoms with Gasteiger partial charge in [0.05, 0.1) is 6.10 Å². The lowest BCUT2D eigenvalue weighted by Crippen LogP contribution is -2.35. The van der Waals surface area contributed by atoms with Crippen molar-refractivity contribution in [2.24, 2.45) is 0 Å². The zero-order valence-electron chi connectivity index (χ0n) is 14.1. The van der Waals surface area contributed by atoms with Crippen molar-refractivity contribution in [2.75, 3.05) is 18.0 Å². The Bertz CT molecular complexity index is 634. The average molecular weight is 345 g/mol. The Balaban J connectivity index is 1.55. The van der Waals surface area contributed by atoms with Gasteiger partial charge in [0.15, 0.2) is 0 Å². The van der Waals surface area contributed by atoms with E-state index in [-0.39, 0.29) is 12.1 Å². The highest BCUT2D eigenvalue weighted by atomic mass is 35.5. The molecule has 1 aliphatic heterocycles. The Kier molecular flexibility index (Phi) is 5.77. The first-order valence-electron chi connectivity index (χ1n) is 8.62. The highest BCUT2D eigenvalue weighted by Crippen LogP contribution is 2.23. The van der Waals surface area contributed by atoms with Crippen LogP contribution in [-0.2, 0) is 6.54 Å². The Morgan fingerprint density at radius 1 is 1.08 bits per heavy atom. The summed E-state index contributed by atoms with van der Waals surface area (Å²) in [6.45, 7) is 4.88. The van der Waals surface area contributed by atoms with Crippen LogP contribution in [0.2, 0.25) is 5.02 Å². The van der Waals surface area contributed by atoms with Crippen molar-refractivity contribution < 1.29 is 5.11 Å². The largest absolute Gasteiger partial charge is 0.393 e. The molecule has 24 heavy (non-hydrogen) atoms. The normalized spacial score (nSPS) is 17.0. The number of aliphatic hydroxyl groups is 1. The molecule has 3 nitrogen and oxygen atoms in total. The molecule has 0 saturated carbocycles. The molecular formula is C20H25ClN2O. The Hall–Kier alpha value is -1.55. The van der Waals surface area contributed by atoms with Crippen molar-refractivity contribution in [3.8, 4) is 0 Å². The molecule has 0 bridgehead atoms. The van der Waals surface area contributed by atoms with Crippen LogP contribution in [-0.4, -0.2) is 24.3 Å². The maximum absolute atomic E-state index is 9.62. The summed E-state index contributed by atoms with van der Waals surface area (Å²) in [5.74, 6) is 0. The predicted octanol–water partition coefficient (Wildman–Crippen LogP) is 4.15. The molecule has 0 spiro atoms. The molecule has 4 heteroatoms. The number of piperidine rings is 1. The van der Waals surface area contributed by atoms with Crippen LogP contribution >= 0.6 is 11.6 Å². The lowest BCUT2D eigenvalue weighted by Gasteiger charge is -2.31. The van der Waals surface area contributed by atoms with E-state index in [2.05, 4.69) is 53.5 Å². The van der Waals surface area contributed by atoms with Crippen molar-refractivity contribution in [3.05, 3.63) is 64.7 Å². The number of nitrogens with zero attached hydrogens (tertiary/aromatic N) is 1. The molecule has 1 atom stereocenters. The summed E-state index contributed by atoms with van der Waals surface area (Å²) in [6, 6.07) is 17.0. The highest BCUT2D eigenvalue weighted by molar-refractivity contribution is 6.30. The first-order chi connectivity index (χ1) is 11.6. The van der Waals surface area contributed by atoms with Gasteiger partial charge in [-0.15, -0.1) is 0 Å². The van der Waals surface area contributed by atoms with Gasteiger partial charge in [-0.2, -0.15) is 0 Å². The first kappa shape index (κ1) is 17.3. The van der Waals surface area contributed by atoms with Crippen molar-refractivity contribution in [3.63, 3.8) is 0 Å². The number of benzene rings is 2. The molecular weight excluding hydrogens is 320 g/mol. The summed E-state index contributed by atoms with van der Waals surface area (Å²) in [4.78, 5) is 2.35. The minimum Gasteiger partial charge on any atom is -0.393 e. The number of hydrogen-bond acceptors (Lipinski definition) is 3. The molecule has 1 heterocycles. The fourth-order valence-electron chi connectivity index (χ4n) is 3.09. The van der Waals surface area contributed by atoms with Crippen LogP contribution in [0.4, 0.5) is 5.69 Å². The molecule has 1 saturated heterocycles. The molecule has 0 amide bonds. The van der Waals surface area contributed by atoms with Gasteiger partial charge in [-0.05, 0) is 55.2 Å². The minimum absolute atomic E-state index is 0.127. The average Bonchev–Trinajstić information content (AvgIpc) is 2.62. The van der Waals surface area contributed by atoms with Crippen molar-refractivity contribution in [2.45, 2.75) is 38.5 Å². The van der Waals surface area contributed by atoms with Gasteiger partial charge in [-0.1, -0.05) is 35.9 Å². The summed E-state index contributed by atoms with van der Waals surface area (Å²) in [6.07, 6.45) is 1.60. The van der Waals surface area contributed by atoms with E-state index in [9.17, 15) is 5.11 Å². The summed E-state index contributed by atoms with van der Waals surface area (Å²) < 4.78 is 0. The zero-order valence-corrected chi connectivity index (χ0v) is 14.8. The molecule has 1 unspecified atom stereocenters. The fourth-order valence-corrected chi connectivity index (χ4v) is 3.21. The van der Waals surface area contributed by atoms with E-state index < -0.39 is 0 Å². The number of halogens is 1. The van der Waals surface area contributed by atoms with E-state index in [4.69, 9.17) is 11.6 Å². The molecule has 2 N–H and O–H groups in total. The molecule has 1 aliphatic rings. The van der Waals surface area contributed by atoms with E-state index in [1.165, 1.54) is 16.8 Å². The van der Waals surface area contributed by atoms with Gasteiger partial charge in [0.25, 0.3) is 0 Å². The van der Waals surface area contributed by atoms with E-state index >= 15 is 0 Å². The van der Waals surface area contributed by atoms with Crippen molar-refractivity contribution in [1.29, 1.82) is 0 Å². The van der Waals surface area contributed by atoms with Gasteiger partial charge in [0, 0.05) is 36.4 Å². The summed E-state index contributed by atoms with van der Waals surface area (Å²) in [5.41, 5.74) is 3.76. The molecule has 0 radical (unpaired) electrons. The van der Waals surface area contributed by atoms with Crippen LogP contribution in [0.5, 0.6) is 0 Å². The van der Waals surface area contributed by atoms with Crippen LogP contribution in [0.25, 0.3) is 0 Å². The van der Waals surface area contributed by atoms with Crippen LogP contribution in [0, 0.1) is 0 Å². The summed E-state index contributed by atoms with van der Waals surface area (Å²) in [5, 5.41) is 13.9. The number of aliphatic hydroxyl groups excluding tert-OH is 1. The van der Waals surface area contributed by atoms with E-state index in [0.717, 1.165) is 37.5 Å². The Morgan fingerprint density at radius 3 is 2.33 bits per heavy atom. The zero-order chi connectivity index (χ0) is 16.9. The SMILES string of the molecule is CC(NCc1ccc(Cl)cc1)c1ccc(N2CCC(O)CC2)cc1. The summed E-state index contributed by atoms with van der Waals surface area (Å²) >= 11 is 5.92. The van der Waals surface area contributed by atoms with Crippen LogP contribution in [0.3, 0.4) is 0 Å². The molecule has 2 aromatic rings. The second-order valence-corrected chi connectivity index (χ2v) is 6.98. The topological polar surface area (TPSA) is 35.5 Å². The molecule has 0 aliphatic carbocycles. The summed E-state index contributed by atoms with van der Waals surface area (Å²) in [7, 11) is 0. The Morgan fingerprint density at radius 2 is 1.71 bits per heavy atom. The van der Waals surface area contributed by atoms with Gasteiger partial charge in [0.1, 0.15) is 0 Å². The van der Waals surface area contributed by atoms with Crippen LogP contribution < -0.4 is 10.2 Å². The quantitative estimate of drug-likeness (QED) is 0.855. The molecule has 1 fully saturated rings. The van der Waals surface area contributed by atoms with E-state index in [0.29, 0.717) is 0 Å². The smallest absolute Gasteiger partial charge is 0.0574 e. The van der Waals surface area contributed by atoms with Crippen LogP contribution in [0.15, 0.2) is 48.5 Å². The van der Waals surface area contributed by atoms with Gasteiger partial charge < -0.3 is 15.3 Å². The number of anilines is 1. The lowest BCUT2D eigenvalue weighted by atomic mass is 10.0. The fraction of sp³-hybridized carbons (Fsp3) is 0.400. The molecule has 3 rings (SSSR count). The first-order valence-corrected chi connectivity index (χ1v) is 9.00. The third kappa shape index (κ3) is 4.50. The number of hydrogen-bond donors (Lipinski definition) is 2. The predicted molar refractivity (Wildman–Crippen MR) is 101 cm³/mol. The third-order valence-corrected chi connectivity index (χ3v) is 5.00. The maximum Gasteiger partial charge on any atom is 0.0574 e. The van der Waals surface area contributed by atoms with Crippen molar-refractivity contribution in [1.82, 2.24) is 5.32 Å². The van der Waals surface area contributed by atoms with E-state index in [1.807, 2.05) is 12.1 Å². The standard InChI is InChI=1S/C20H25ClN2O/c1-15(22-14-16-2-6-18(21)7-3-16)17-4-8-19(9-5-17)23-12-10-20(24)11-13-23/h2-9,15,20,22,24H,10-14H2,1H3. The van der Waals surface area contributed by atoms with Gasteiger partial charge in [0.2, 0.25) is 0 Å². The molecule has 128 valence electrons. The molecule has 0 aromatic heterocycles. The second kappa shape index (κ2) is 8.02. The monoisotopic (exact) mass is 344 g/mol. The van der Waals surface area contributed by atoms with Crippen molar-refractivity contribution >= 4 is 17.3 Å². The van der Waals surface area contributed by atoms with Gasteiger partial charge in [-0.3, -0.25) is 0 Å². The third-order valence-electron chi connectivity index (χ3n) is 4.75. The molecule has 2 aromatic carbocycles. The minimum atomic E-state index is -0.127. The highest BCUT2D eigenvalue weighted by Gasteiger charge is 2.17. The number of rotatable bonds is 5. The Labute approximate surface area is 149 Å². The van der Waals surface area contributed by atoms with Gasteiger partial charge in [-0.25, -0.2) is 0 Å². The van der Waals surface area contributed by atoms with Crippen LogP contribution in [0.1, 0.15) is 36.9 Å². The number of nitrogens with one attached hydrogen (secondary N) is 1.